The first-order chi connectivity index (χ1) is 12.3. The van der Waals surface area contributed by atoms with Crippen LogP contribution >= 0.6 is 11.3 Å². The van der Waals surface area contributed by atoms with Gasteiger partial charge in [0.1, 0.15) is 11.4 Å². The second-order valence-corrected chi connectivity index (χ2v) is 6.15. The molecule has 0 atom stereocenters. The number of nitrogens with zero attached hydrogens (tertiary/aromatic N) is 3. The highest BCUT2D eigenvalue weighted by molar-refractivity contribution is 7.07. The highest BCUT2D eigenvalue weighted by Crippen LogP contribution is 2.17. The summed E-state index contributed by atoms with van der Waals surface area (Å²) in [6.45, 7) is 0. The summed E-state index contributed by atoms with van der Waals surface area (Å²) >= 11 is 1.40. The number of carbonyl (C=O) groups is 1. The average molecular weight is 350 g/mol. The first-order valence-electron chi connectivity index (χ1n) is 7.58. The van der Waals surface area contributed by atoms with Crippen molar-refractivity contribution in [1.82, 2.24) is 14.5 Å². The van der Waals surface area contributed by atoms with Crippen LogP contribution in [-0.4, -0.2) is 27.6 Å². The molecule has 0 aliphatic heterocycles. The van der Waals surface area contributed by atoms with E-state index < -0.39 is 0 Å². The first kappa shape index (κ1) is 15.3. The molecule has 7 heteroatoms. The van der Waals surface area contributed by atoms with Gasteiger partial charge in [0.15, 0.2) is 4.80 Å². The fourth-order valence-corrected chi connectivity index (χ4v) is 3.31. The van der Waals surface area contributed by atoms with Crippen molar-refractivity contribution in [2.75, 3.05) is 7.11 Å². The molecule has 124 valence electrons. The minimum atomic E-state index is -0.307. The lowest BCUT2D eigenvalue weighted by atomic mass is 10.2. The molecule has 0 spiro atoms. The van der Waals surface area contributed by atoms with E-state index in [-0.39, 0.29) is 5.91 Å². The maximum absolute atomic E-state index is 12.6. The number of nitrogens with one attached hydrogen (secondary N) is 1. The SMILES string of the molecule is COc1cccc(-n2ccs/c2=N\C(=O)c2c[nH]c3ncccc23)c1. The van der Waals surface area contributed by atoms with Crippen molar-refractivity contribution in [2.24, 2.45) is 4.99 Å². The van der Waals surface area contributed by atoms with E-state index in [4.69, 9.17) is 4.74 Å². The predicted octanol–water partition coefficient (Wildman–Crippen LogP) is 3.16. The van der Waals surface area contributed by atoms with Gasteiger partial charge in [-0.1, -0.05) is 6.07 Å². The summed E-state index contributed by atoms with van der Waals surface area (Å²) in [5.41, 5.74) is 2.06. The molecule has 0 aliphatic rings. The van der Waals surface area contributed by atoms with Gasteiger partial charge in [0, 0.05) is 35.4 Å². The van der Waals surface area contributed by atoms with Gasteiger partial charge in [-0.3, -0.25) is 9.36 Å². The Labute approximate surface area is 147 Å². The Morgan fingerprint density at radius 1 is 1.32 bits per heavy atom. The number of pyridine rings is 1. The van der Waals surface area contributed by atoms with E-state index in [1.54, 1.807) is 25.6 Å². The van der Waals surface area contributed by atoms with Crippen molar-refractivity contribution in [3.8, 4) is 11.4 Å². The maximum Gasteiger partial charge on any atom is 0.281 e. The molecule has 3 heterocycles. The van der Waals surface area contributed by atoms with E-state index in [2.05, 4.69) is 15.0 Å². The van der Waals surface area contributed by atoms with Crippen LogP contribution in [0.15, 0.2) is 65.4 Å². The minimum absolute atomic E-state index is 0.307. The molecular weight excluding hydrogens is 336 g/mol. The van der Waals surface area contributed by atoms with Crippen LogP contribution in [0.3, 0.4) is 0 Å². The zero-order chi connectivity index (χ0) is 17.2. The van der Waals surface area contributed by atoms with E-state index in [1.807, 2.05) is 46.5 Å². The van der Waals surface area contributed by atoms with Crippen LogP contribution < -0.4 is 9.54 Å². The van der Waals surface area contributed by atoms with Crippen molar-refractivity contribution < 1.29 is 9.53 Å². The van der Waals surface area contributed by atoms with E-state index in [0.29, 0.717) is 16.0 Å². The molecule has 0 bridgehead atoms. The number of hydrogen-bond donors (Lipinski definition) is 1. The number of aromatic nitrogens is 3. The number of carbonyl (C=O) groups excluding carboxylic acids is 1. The number of thiazole rings is 1. The lowest BCUT2D eigenvalue weighted by Crippen LogP contribution is -2.14. The Balaban J connectivity index is 1.78. The second kappa shape index (κ2) is 6.37. The third-order valence-corrected chi connectivity index (χ3v) is 4.56. The Bertz CT molecular complexity index is 1120. The molecule has 4 aromatic rings. The summed E-state index contributed by atoms with van der Waals surface area (Å²) in [6.07, 6.45) is 5.20. The normalized spacial score (nSPS) is 11.8. The van der Waals surface area contributed by atoms with Crippen LogP contribution in [0.25, 0.3) is 16.7 Å². The summed E-state index contributed by atoms with van der Waals surface area (Å²) in [4.78, 5) is 24.7. The topological polar surface area (TPSA) is 72.3 Å². The number of aromatic amines is 1. The molecule has 1 aromatic carbocycles. The monoisotopic (exact) mass is 350 g/mol. The van der Waals surface area contributed by atoms with Crippen molar-refractivity contribution in [2.45, 2.75) is 0 Å². The number of rotatable bonds is 3. The predicted molar refractivity (Wildman–Crippen MR) is 96.2 cm³/mol. The summed E-state index contributed by atoms with van der Waals surface area (Å²) in [5.74, 6) is 0.439. The summed E-state index contributed by atoms with van der Waals surface area (Å²) < 4.78 is 7.12. The van der Waals surface area contributed by atoms with Crippen LogP contribution in [0.5, 0.6) is 5.75 Å². The van der Waals surface area contributed by atoms with E-state index in [0.717, 1.165) is 16.8 Å². The van der Waals surface area contributed by atoms with Crippen LogP contribution in [0.2, 0.25) is 0 Å². The van der Waals surface area contributed by atoms with Crippen LogP contribution in [0.4, 0.5) is 0 Å². The number of benzene rings is 1. The molecular formula is C18H14N4O2S. The third-order valence-electron chi connectivity index (χ3n) is 3.80. The second-order valence-electron chi connectivity index (χ2n) is 5.28. The molecule has 0 unspecified atom stereocenters. The summed E-state index contributed by atoms with van der Waals surface area (Å²) in [6, 6.07) is 11.3. The Kier molecular flexibility index (Phi) is 3.91. The number of ether oxygens (including phenoxy) is 1. The molecule has 0 fully saturated rings. The van der Waals surface area contributed by atoms with Gasteiger partial charge in [0.25, 0.3) is 5.91 Å². The Morgan fingerprint density at radius 2 is 2.24 bits per heavy atom. The standard InChI is InChI=1S/C18H14N4O2S/c1-24-13-5-2-4-12(10-13)22-8-9-25-18(22)21-17(23)15-11-20-16-14(15)6-3-7-19-16/h2-11H,1H3,(H,19,20)/b21-18-. The molecule has 0 saturated carbocycles. The lowest BCUT2D eigenvalue weighted by molar-refractivity contribution is 0.0999. The molecule has 1 N–H and O–H groups in total. The number of amides is 1. The zero-order valence-electron chi connectivity index (χ0n) is 13.3. The highest BCUT2D eigenvalue weighted by atomic mass is 32.1. The summed E-state index contributed by atoms with van der Waals surface area (Å²) in [5, 5.41) is 2.66. The molecule has 1 amide bonds. The van der Waals surface area contributed by atoms with Gasteiger partial charge in [0.2, 0.25) is 0 Å². The molecule has 4 rings (SSSR count). The van der Waals surface area contributed by atoms with Gasteiger partial charge < -0.3 is 9.72 Å². The quantitative estimate of drug-likeness (QED) is 0.617. The number of methoxy groups -OCH3 is 1. The van der Waals surface area contributed by atoms with Gasteiger partial charge in [-0.05, 0) is 24.3 Å². The molecule has 25 heavy (non-hydrogen) atoms. The van der Waals surface area contributed by atoms with Crippen molar-refractivity contribution in [3.05, 3.63) is 70.7 Å². The van der Waals surface area contributed by atoms with Gasteiger partial charge in [-0.15, -0.1) is 11.3 Å². The summed E-state index contributed by atoms with van der Waals surface area (Å²) in [7, 11) is 1.62. The van der Waals surface area contributed by atoms with Gasteiger partial charge in [-0.2, -0.15) is 4.99 Å². The minimum Gasteiger partial charge on any atom is -0.497 e. The highest BCUT2D eigenvalue weighted by Gasteiger charge is 2.12. The number of hydrogen-bond acceptors (Lipinski definition) is 4. The molecule has 0 radical (unpaired) electrons. The average Bonchev–Trinajstić information content (AvgIpc) is 3.28. The van der Waals surface area contributed by atoms with Crippen LogP contribution in [0.1, 0.15) is 10.4 Å². The largest absolute Gasteiger partial charge is 0.497 e. The van der Waals surface area contributed by atoms with Crippen molar-refractivity contribution in [3.63, 3.8) is 0 Å². The van der Waals surface area contributed by atoms with Gasteiger partial charge in [-0.25, -0.2) is 4.98 Å². The van der Waals surface area contributed by atoms with E-state index in [9.17, 15) is 4.79 Å². The molecule has 3 aromatic heterocycles. The third kappa shape index (κ3) is 2.85. The smallest absolute Gasteiger partial charge is 0.281 e. The van der Waals surface area contributed by atoms with E-state index in [1.165, 1.54) is 11.3 Å². The zero-order valence-corrected chi connectivity index (χ0v) is 14.2. The van der Waals surface area contributed by atoms with Crippen molar-refractivity contribution >= 4 is 28.3 Å². The van der Waals surface area contributed by atoms with Crippen molar-refractivity contribution in [1.29, 1.82) is 0 Å². The van der Waals surface area contributed by atoms with Gasteiger partial charge >= 0.3 is 0 Å². The fourth-order valence-electron chi connectivity index (χ4n) is 2.59. The lowest BCUT2D eigenvalue weighted by Gasteiger charge is -2.05. The maximum atomic E-state index is 12.6. The fraction of sp³-hybridized carbons (Fsp3) is 0.0556. The van der Waals surface area contributed by atoms with E-state index >= 15 is 0 Å². The molecule has 0 saturated heterocycles. The first-order valence-corrected chi connectivity index (χ1v) is 8.46. The van der Waals surface area contributed by atoms with Gasteiger partial charge in [0.05, 0.1) is 18.4 Å². The molecule has 6 nitrogen and oxygen atoms in total. The molecule has 0 aliphatic carbocycles. The number of fused-ring (bicyclic) bond motifs is 1. The number of H-pyrrole nitrogens is 1. The Morgan fingerprint density at radius 3 is 3.12 bits per heavy atom. The Hall–Kier alpha value is -3.19. The van der Waals surface area contributed by atoms with Crippen LogP contribution in [-0.2, 0) is 0 Å². The van der Waals surface area contributed by atoms with Crippen LogP contribution in [0, 0.1) is 0 Å².